The molecule has 0 radical (unpaired) electrons. The van der Waals surface area contributed by atoms with Crippen molar-refractivity contribution >= 4 is 47.4 Å². The van der Waals surface area contributed by atoms with Crippen LogP contribution >= 0.6 is 23.2 Å². The number of carbonyl (C=O) groups excluding carboxylic acids is 2. The van der Waals surface area contributed by atoms with Gasteiger partial charge in [0.15, 0.2) is 13.2 Å². The molecule has 0 aliphatic rings. The second kappa shape index (κ2) is 13.0. The van der Waals surface area contributed by atoms with Gasteiger partial charge in [0.1, 0.15) is 11.5 Å². The molecule has 0 aromatic heterocycles. The number of amides is 2. The molecule has 2 N–H and O–H groups in total. The smallest absolute Gasteiger partial charge is 0.277 e. The van der Waals surface area contributed by atoms with Gasteiger partial charge in [-0.1, -0.05) is 71.7 Å². The Balaban J connectivity index is 1.38. The first-order chi connectivity index (χ1) is 16.5. The average Bonchev–Trinajstić information content (AvgIpc) is 2.84. The number of para-hydroxylation sites is 2. The van der Waals surface area contributed by atoms with Gasteiger partial charge >= 0.3 is 0 Å². The monoisotopic (exact) mass is 498 g/mol. The molecule has 174 valence electrons. The van der Waals surface area contributed by atoms with Crippen molar-refractivity contribution < 1.29 is 19.1 Å². The lowest BCUT2D eigenvalue weighted by Gasteiger charge is -2.06. The van der Waals surface area contributed by atoms with Gasteiger partial charge in [-0.2, -0.15) is 10.2 Å². The third-order valence-electron chi connectivity index (χ3n) is 4.13. The van der Waals surface area contributed by atoms with Crippen LogP contribution in [0.15, 0.2) is 83.0 Å². The summed E-state index contributed by atoms with van der Waals surface area (Å²) in [6, 6.07) is 20.9. The van der Waals surface area contributed by atoms with E-state index >= 15 is 0 Å². The maximum Gasteiger partial charge on any atom is 0.277 e. The summed E-state index contributed by atoms with van der Waals surface area (Å²) in [5, 5.41) is 8.63. The number of nitrogens with one attached hydrogen (secondary N) is 2. The Bertz CT molecular complexity index is 1090. The van der Waals surface area contributed by atoms with E-state index in [9.17, 15) is 9.59 Å². The molecule has 0 spiro atoms. The number of hydrazone groups is 2. The van der Waals surface area contributed by atoms with Crippen molar-refractivity contribution in [2.45, 2.75) is 0 Å². The molecule has 0 saturated carbocycles. The largest absolute Gasteiger partial charge is 0.482 e. The van der Waals surface area contributed by atoms with E-state index in [0.29, 0.717) is 21.5 Å². The molecule has 3 aromatic rings. The highest BCUT2D eigenvalue weighted by molar-refractivity contribution is 6.32. The fraction of sp³-hybridized carbons (Fsp3) is 0.0833. The topological polar surface area (TPSA) is 101 Å². The lowest BCUT2D eigenvalue weighted by molar-refractivity contribution is -0.123. The van der Waals surface area contributed by atoms with Gasteiger partial charge in [-0.05, 0) is 35.4 Å². The minimum atomic E-state index is -0.422. The lowest BCUT2D eigenvalue weighted by atomic mass is 10.2. The van der Waals surface area contributed by atoms with E-state index in [1.54, 1.807) is 72.8 Å². The highest BCUT2D eigenvalue weighted by Crippen LogP contribution is 2.23. The SMILES string of the molecule is O=C(COc1ccccc1Cl)N/N=C/c1ccc(/C=N/NC(=O)COc2ccccc2Cl)cc1. The molecule has 8 nitrogen and oxygen atoms in total. The van der Waals surface area contributed by atoms with Gasteiger partial charge in [0, 0.05) is 0 Å². The molecule has 0 heterocycles. The molecule has 10 heteroatoms. The highest BCUT2D eigenvalue weighted by Gasteiger charge is 2.05. The summed E-state index contributed by atoms with van der Waals surface area (Å²) in [7, 11) is 0. The predicted molar refractivity (Wildman–Crippen MR) is 132 cm³/mol. The van der Waals surface area contributed by atoms with Crippen LogP contribution in [0, 0.1) is 0 Å². The van der Waals surface area contributed by atoms with Crippen molar-refractivity contribution in [3.8, 4) is 11.5 Å². The number of ether oxygens (including phenoxy) is 2. The molecule has 2 amide bonds. The van der Waals surface area contributed by atoms with Crippen LogP contribution < -0.4 is 20.3 Å². The number of hydrogen-bond acceptors (Lipinski definition) is 6. The fourth-order valence-electron chi connectivity index (χ4n) is 2.50. The normalized spacial score (nSPS) is 10.9. The van der Waals surface area contributed by atoms with Crippen LogP contribution in [0.3, 0.4) is 0 Å². The molecule has 0 saturated heterocycles. The first-order valence-electron chi connectivity index (χ1n) is 10.00. The first-order valence-corrected chi connectivity index (χ1v) is 10.8. The van der Waals surface area contributed by atoms with E-state index in [-0.39, 0.29) is 13.2 Å². The Morgan fingerprint density at radius 3 is 1.44 bits per heavy atom. The maximum atomic E-state index is 11.8. The van der Waals surface area contributed by atoms with Crippen LogP contribution in [0.4, 0.5) is 0 Å². The summed E-state index contributed by atoms with van der Waals surface area (Å²) in [5.74, 6) is -0.00178. The second-order valence-corrected chi connectivity index (χ2v) is 7.51. The minimum absolute atomic E-state index is 0.217. The van der Waals surface area contributed by atoms with Gasteiger partial charge in [0.25, 0.3) is 11.8 Å². The molecular formula is C24H20Cl2N4O4. The second-order valence-electron chi connectivity index (χ2n) is 6.69. The molecule has 0 aliphatic carbocycles. The lowest BCUT2D eigenvalue weighted by Crippen LogP contribution is -2.24. The fourth-order valence-corrected chi connectivity index (χ4v) is 2.88. The van der Waals surface area contributed by atoms with Gasteiger partial charge < -0.3 is 9.47 Å². The third-order valence-corrected chi connectivity index (χ3v) is 4.76. The Labute approximate surface area is 206 Å². The molecule has 3 aromatic carbocycles. The zero-order chi connectivity index (χ0) is 24.2. The Morgan fingerprint density at radius 1 is 0.676 bits per heavy atom. The standard InChI is InChI=1S/C24H20Cl2N4O4/c25-19-5-1-3-7-21(19)33-15-23(31)29-27-13-17-9-11-18(12-10-17)14-28-30-24(32)16-34-22-8-4-2-6-20(22)26/h1-14H,15-16H2,(H,29,31)(H,30,32)/b27-13+,28-14+. The van der Waals surface area contributed by atoms with Crippen molar-refractivity contribution in [3.63, 3.8) is 0 Å². The first kappa shape index (κ1) is 24.8. The molecule has 0 aliphatic heterocycles. The molecular weight excluding hydrogens is 479 g/mol. The van der Waals surface area contributed by atoms with Crippen molar-refractivity contribution in [1.29, 1.82) is 0 Å². The van der Waals surface area contributed by atoms with Gasteiger partial charge in [-0.25, -0.2) is 10.9 Å². The van der Waals surface area contributed by atoms with E-state index in [1.165, 1.54) is 12.4 Å². The number of halogens is 2. The van der Waals surface area contributed by atoms with Gasteiger partial charge in [-0.15, -0.1) is 0 Å². The number of rotatable bonds is 10. The molecule has 0 unspecified atom stereocenters. The zero-order valence-corrected chi connectivity index (χ0v) is 19.3. The molecule has 0 fully saturated rings. The van der Waals surface area contributed by atoms with Gasteiger partial charge in [0.05, 0.1) is 22.5 Å². The summed E-state index contributed by atoms with van der Waals surface area (Å²) >= 11 is 11.9. The summed E-state index contributed by atoms with van der Waals surface area (Å²) in [5.41, 5.74) is 6.26. The molecule has 34 heavy (non-hydrogen) atoms. The maximum absolute atomic E-state index is 11.8. The van der Waals surface area contributed by atoms with Crippen molar-refractivity contribution in [3.05, 3.63) is 94.0 Å². The van der Waals surface area contributed by atoms with Crippen molar-refractivity contribution in [2.24, 2.45) is 10.2 Å². The van der Waals surface area contributed by atoms with Gasteiger partial charge in [0.2, 0.25) is 0 Å². The van der Waals surface area contributed by atoms with Crippen LogP contribution in [-0.4, -0.2) is 37.5 Å². The summed E-state index contributed by atoms with van der Waals surface area (Å²) < 4.78 is 10.7. The summed E-state index contributed by atoms with van der Waals surface area (Å²) in [6.07, 6.45) is 2.98. The van der Waals surface area contributed by atoms with Gasteiger partial charge in [-0.3, -0.25) is 9.59 Å². The Morgan fingerprint density at radius 2 is 1.06 bits per heavy atom. The van der Waals surface area contributed by atoms with E-state index in [1.807, 2.05) is 0 Å². The summed E-state index contributed by atoms with van der Waals surface area (Å²) in [6.45, 7) is -0.433. The van der Waals surface area contributed by atoms with E-state index in [2.05, 4.69) is 21.1 Å². The molecule has 0 atom stereocenters. The Kier molecular flexibility index (Phi) is 9.45. The van der Waals surface area contributed by atoms with Crippen LogP contribution in [0.2, 0.25) is 10.0 Å². The van der Waals surface area contributed by atoms with Crippen molar-refractivity contribution in [2.75, 3.05) is 13.2 Å². The minimum Gasteiger partial charge on any atom is -0.482 e. The van der Waals surface area contributed by atoms with E-state index in [4.69, 9.17) is 32.7 Å². The third kappa shape index (κ3) is 8.23. The molecule has 0 bridgehead atoms. The molecule has 3 rings (SSSR count). The van der Waals surface area contributed by atoms with Crippen LogP contribution in [-0.2, 0) is 9.59 Å². The zero-order valence-electron chi connectivity index (χ0n) is 17.8. The highest BCUT2D eigenvalue weighted by atomic mass is 35.5. The number of hydrogen-bond donors (Lipinski definition) is 2. The van der Waals surface area contributed by atoms with Crippen LogP contribution in [0.5, 0.6) is 11.5 Å². The number of nitrogens with zero attached hydrogens (tertiary/aromatic N) is 2. The van der Waals surface area contributed by atoms with Crippen molar-refractivity contribution in [1.82, 2.24) is 10.9 Å². The Hall–Kier alpha value is -3.88. The number of benzene rings is 3. The van der Waals surface area contributed by atoms with E-state index in [0.717, 1.165) is 11.1 Å². The predicted octanol–water partition coefficient (Wildman–Crippen LogP) is 4.05. The average molecular weight is 499 g/mol. The van der Waals surface area contributed by atoms with E-state index < -0.39 is 11.8 Å². The quantitative estimate of drug-likeness (QED) is 0.325. The van der Waals surface area contributed by atoms with Crippen LogP contribution in [0.25, 0.3) is 0 Å². The van der Waals surface area contributed by atoms with Crippen LogP contribution in [0.1, 0.15) is 11.1 Å². The summed E-state index contributed by atoms with van der Waals surface area (Å²) in [4.78, 5) is 23.7. The number of carbonyl (C=O) groups is 2.